The normalized spacial score (nSPS) is 18.4. The molecule has 0 atom stereocenters. The highest BCUT2D eigenvalue weighted by Gasteiger charge is 2.24. The van der Waals surface area contributed by atoms with Crippen molar-refractivity contribution in [3.05, 3.63) is 70.9 Å². The Morgan fingerprint density at radius 2 is 1.95 bits per heavy atom. The van der Waals surface area contributed by atoms with E-state index in [9.17, 15) is 4.79 Å². The molecule has 0 radical (unpaired) electrons. The summed E-state index contributed by atoms with van der Waals surface area (Å²) in [6.45, 7) is 7.27. The van der Waals surface area contributed by atoms with Gasteiger partial charge in [0, 0.05) is 40.2 Å². The minimum absolute atomic E-state index is 0. The second-order valence-electron chi connectivity index (χ2n) is 10.6. The fourth-order valence-corrected chi connectivity index (χ4v) is 5.81. The zero-order chi connectivity index (χ0) is 26.5. The van der Waals surface area contributed by atoms with Gasteiger partial charge in [0.15, 0.2) is 5.84 Å². The Bertz CT molecular complexity index is 1280. The van der Waals surface area contributed by atoms with Crippen LogP contribution in [-0.2, 0) is 13.0 Å². The van der Waals surface area contributed by atoms with Gasteiger partial charge in [0.1, 0.15) is 23.0 Å². The van der Waals surface area contributed by atoms with Gasteiger partial charge in [0.2, 0.25) is 0 Å². The third-order valence-corrected chi connectivity index (χ3v) is 8.00. The van der Waals surface area contributed by atoms with Crippen LogP contribution in [0.5, 0.6) is 0 Å². The number of fused-ring (bicyclic) bond motifs is 1. The maximum Gasteiger partial charge on any atom is 0.275 e. The van der Waals surface area contributed by atoms with E-state index in [1.54, 1.807) is 23.1 Å². The van der Waals surface area contributed by atoms with E-state index in [1.165, 1.54) is 43.2 Å². The van der Waals surface area contributed by atoms with E-state index in [-0.39, 0.29) is 13.2 Å². The van der Waals surface area contributed by atoms with Crippen LogP contribution in [0.1, 0.15) is 80.1 Å². The second-order valence-corrected chi connectivity index (χ2v) is 10.6. The van der Waals surface area contributed by atoms with Gasteiger partial charge in [-0.05, 0) is 72.9 Å². The van der Waals surface area contributed by atoms with Gasteiger partial charge in [-0.3, -0.25) is 25.5 Å². The molecule has 1 saturated heterocycles. The lowest BCUT2D eigenvalue weighted by Gasteiger charge is -2.32. The van der Waals surface area contributed by atoms with Gasteiger partial charge in [-0.15, -0.1) is 5.73 Å². The van der Waals surface area contributed by atoms with Crippen molar-refractivity contribution in [3.63, 3.8) is 0 Å². The smallest absolute Gasteiger partial charge is 0.275 e. The molecule has 2 aliphatic heterocycles. The van der Waals surface area contributed by atoms with E-state index in [4.69, 9.17) is 10.8 Å². The number of amides is 1. The molecular formula is C30H39N7O. The van der Waals surface area contributed by atoms with Crippen molar-refractivity contribution in [2.45, 2.75) is 64.3 Å². The average Bonchev–Trinajstić information content (AvgIpc) is 2.96. The minimum atomic E-state index is -0.319. The van der Waals surface area contributed by atoms with Gasteiger partial charge in [-0.2, -0.15) is 0 Å². The van der Waals surface area contributed by atoms with E-state index in [1.807, 2.05) is 12.3 Å². The van der Waals surface area contributed by atoms with Crippen LogP contribution >= 0.6 is 0 Å². The molecule has 3 N–H and O–H groups in total. The molecule has 1 saturated carbocycles. The maximum atomic E-state index is 13.1. The predicted octanol–water partition coefficient (Wildman–Crippen LogP) is 5.41. The van der Waals surface area contributed by atoms with Crippen LogP contribution in [0.25, 0.3) is 0 Å². The van der Waals surface area contributed by atoms with Crippen molar-refractivity contribution in [2.24, 2.45) is 5.92 Å². The van der Waals surface area contributed by atoms with Gasteiger partial charge in [0.25, 0.3) is 5.91 Å². The van der Waals surface area contributed by atoms with Crippen molar-refractivity contribution in [1.29, 1.82) is 10.8 Å². The molecule has 1 aliphatic carbocycles. The lowest BCUT2D eigenvalue weighted by molar-refractivity contribution is 0.102. The van der Waals surface area contributed by atoms with Gasteiger partial charge < -0.3 is 10.2 Å². The van der Waals surface area contributed by atoms with Crippen molar-refractivity contribution < 1.29 is 6.22 Å². The molecule has 8 heteroatoms. The first kappa shape index (κ1) is 26.0. The zero-order valence-corrected chi connectivity index (χ0v) is 22.1. The number of piperidine rings is 1. The number of aromatic nitrogens is 2. The number of amidine groups is 2. The Hall–Kier alpha value is -3.61. The van der Waals surface area contributed by atoms with E-state index >= 15 is 0 Å². The summed E-state index contributed by atoms with van der Waals surface area (Å²) in [6, 6.07) is 7.13. The molecule has 0 spiro atoms. The summed E-state index contributed by atoms with van der Waals surface area (Å²) in [7, 11) is 0. The lowest BCUT2D eigenvalue weighted by atomic mass is 9.83. The first-order valence-corrected chi connectivity index (χ1v) is 13.8. The highest BCUT2D eigenvalue weighted by Crippen LogP contribution is 2.30. The molecule has 38 heavy (non-hydrogen) atoms. The molecule has 200 valence electrons. The highest BCUT2D eigenvalue weighted by atomic mass is 16.1. The molecule has 3 aliphatic rings. The Kier molecular flexibility index (Phi) is 8.11. The summed E-state index contributed by atoms with van der Waals surface area (Å²) in [6.07, 6.45) is 11.8. The molecule has 2 aromatic heterocycles. The average molecular weight is 514 g/mol. The molecule has 8 nitrogen and oxygen atoms in total. The molecule has 5 rings (SSSR count). The molecule has 2 aromatic rings. The second kappa shape index (κ2) is 11.8. The Labute approximate surface area is 226 Å². The molecule has 0 unspecified atom stereocenters. The van der Waals surface area contributed by atoms with Crippen LogP contribution < -0.4 is 5.32 Å². The number of carbonyl (C=O) groups is 1. The molecule has 4 heterocycles. The number of nitrogens with zero attached hydrogens (tertiary/aromatic N) is 4. The molecular weight excluding hydrogens is 474 g/mol. The van der Waals surface area contributed by atoms with Crippen molar-refractivity contribution >= 4 is 23.4 Å². The molecule has 2 fully saturated rings. The third-order valence-electron chi connectivity index (χ3n) is 8.00. The summed E-state index contributed by atoms with van der Waals surface area (Å²) in [4.78, 5) is 26.1. The number of nitrogens with one attached hydrogen (secondary N) is 3. The van der Waals surface area contributed by atoms with E-state index < -0.39 is 0 Å². The van der Waals surface area contributed by atoms with Crippen LogP contribution in [-0.4, -0.2) is 57.0 Å². The Morgan fingerprint density at radius 1 is 1.11 bits per heavy atom. The number of hydrogen-bond acceptors (Lipinski definition) is 6. The Balaban J connectivity index is 0.00000353. The molecule has 1 amide bonds. The maximum absolute atomic E-state index is 13.1. The van der Waals surface area contributed by atoms with Crippen LogP contribution in [0.2, 0.25) is 0 Å². The molecule has 0 aromatic carbocycles. The van der Waals surface area contributed by atoms with E-state index in [0.29, 0.717) is 41.9 Å². The predicted molar refractivity (Wildman–Crippen MR) is 152 cm³/mol. The van der Waals surface area contributed by atoms with Gasteiger partial charge in [-0.1, -0.05) is 31.9 Å². The number of anilines is 1. The largest absolute Gasteiger partial charge is 0.314 e. The van der Waals surface area contributed by atoms with E-state index in [2.05, 4.69) is 32.5 Å². The molecule has 0 bridgehead atoms. The van der Waals surface area contributed by atoms with Crippen LogP contribution in [0.15, 0.2) is 48.3 Å². The summed E-state index contributed by atoms with van der Waals surface area (Å²) in [5, 5.41) is 19.5. The van der Waals surface area contributed by atoms with Crippen LogP contribution in [0.4, 0.5) is 5.82 Å². The quantitative estimate of drug-likeness (QED) is 0.272. The summed E-state index contributed by atoms with van der Waals surface area (Å²) < 4.78 is 0. The number of hydrogen-bond donors (Lipinski definition) is 3. The summed E-state index contributed by atoms with van der Waals surface area (Å²) in [5.74, 6) is 1.29. The van der Waals surface area contributed by atoms with Crippen molar-refractivity contribution in [3.8, 4) is 0 Å². The summed E-state index contributed by atoms with van der Waals surface area (Å²) in [5.41, 5.74) is 7.70. The topological polar surface area (TPSA) is 109 Å². The van der Waals surface area contributed by atoms with Gasteiger partial charge >= 0.3 is 0 Å². The van der Waals surface area contributed by atoms with Crippen LogP contribution in [0.3, 0.4) is 0 Å². The number of carbonyl (C=O) groups excluding carboxylic acids is 1. The van der Waals surface area contributed by atoms with Gasteiger partial charge in [0.05, 0.1) is 0 Å². The highest BCUT2D eigenvalue weighted by molar-refractivity contribution is 6.07. The first-order chi connectivity index (χ1) is 18.5. The number of rotatable bonds is 6. The fraction of sp³-hybridized carbons (Fsp3) is 0.467. The number of pyridine rings is 2. The van der Waals surface area contributed by atoms with Crippen LogP contribution in [0, 0.1) is 16.7 Å². The minimum Gasteiger partial charge on any atom is -0.314 e. The standard InChI is InChI=1S/C30H37N7O.H2/c1-2-21(22-9-4-3-5-10-22)19-36-16-14-23-18-33-26(17-24(23)20-36)30(38)35-28-13-8-11-25(34-28)29(32)37-15-7-6-12-27(37)31;/h8,11,13,17-18,22,31-32H,1,3-7,9-10,12,14-16,19-20H2,(H,34,35,38);1H. The Morgan fingerprint density at radius 3 is 2.74 bits per heavy atom. The lowest BCUT2D eigenvalue weighted by Crippen LogP contribution is -2.40. The SMILES string of the molecule is C=C=C(CN1CCc2cnc(C(=O)Nc3cccc(C(=N)N4CCCCC4=N)n3)cc2C1)C1CCCCC1.[HH]. The monoisotopic (exact) mass is 513 g/mol. The number of likely N-dealkylation sites (tertiary alicyclic amines) is 1. The van der Waals surface area contributed by atoms with Crippen molar-refractivity contribution in [2.75, 3.05) is 25.0 Å². The fourth-order valence-electron chi connectivity index (χ4n) is 5.81. The zero-order valence-electron chi connectivity index (χ0n) is 22.1. The third kappa shape index (κ3) is 5.93. The van der Waals surface area contributed by atoms with Gasteiger partial charge in [-0.25, -0.2) is 4.98 Å². The summed E-state index contributed by atoms with van der Waals surface area (Å²) >= 11 is 0. The van der Waals surface area contributed by atoms with Crippen molar-refractivity contribution in [1.82, 2.24) is 19.8 Å². The van der Waals surface area contributed by atoms with E-state index in [0.717, 1.165) is 44.5 Å². The first-order valence-electron chi connectivity index (χ1n) is 13.8.